The zero-order valence-corrected chi connectivity index (χ0v) is 28.8. The summed E-state index contributed by atoms with van der Waals surface area (Å²) in [7, 11) is 3.60. The molecule has 0 radical (unpaired) electrons. The lowest BCUT2D eigenvalue weighted by atomic mass is 10.0. The molecule has 0 fully saturated rings. The van der Waals surface area contributed by atoms with E-state index in [-0.39, 0.29) is 24.0 Å². The molecule has 7 aromatic rings. The standard InChI is InChI=1S/C20H16N4O.C18H16N3O.HI/c1-2-4-18-24-20-17(25-18)7-6-16-19(20)15(12-23-16)14(10-21)9-13-5-3-8-22-11-13;1-21-7-3-4-13(12-21)8-14(10-19)17-11-20-18-6-5-15(22-2)9-16(17)18;/h3,5-9,11-12,23H,2,4H2,1H3;3-9,11-12,20H,1-2H3;1H/q;+1;/p-1/b14-9+;14-8+;. The maximum Gasteiger partial charge on any atom is 0.195 e. The number of nitriles is 2. The third-order valence-electron chi connectivity index (χ3n) is 7.69. The molecule has 0 aliphatic heterocycles. The number of oxazole rings is 1. The van der Waals surface area contributed by atoms with Crippen molar-refractivity contribution in [1.29, 1.82) is 10.5 Å². The third-order valence-corrected chi connectivity index (χ3v) is 7.69. The van der Waals surface area contributed by atoms with Crippen molar-refractivity contribution in [2.75, 3.05) is 7.11 Å². The predicted octanol–water partition coefficient (Wildman–Crippen LogP) is 4.79. The highest BCUT2D eigenvalue weighted by molar-refractivity contribution is 6.11. The molecule has 9 nitrogen and oxygen atoms in total. The SMILES string of the molecule is CCCc1nc2c(ccc3[nH]cc(/C(C#N)=C/c4cccnc4)c32)o1.COc1ccc2[nH]cc(/C(C#N)=C/c3ccc[n+](C)c3)c2c1.[I-]. The number of benzene rings is 2. The number of fused-ring (bicyclic) bond motifs is 4. The first-order valence-electron chi connectivity index (χ1n) is 15.2. The van der Waals surface area contributed by atoms with Gasteiger partial charge in [-0.1, -0.05) is 13.0 Å². The molecule has 0 spiro atoms. The second-order valence-electron chi connectivity index (χ2n) is 10.9. The van der Waals surface area contributed by atoms with Crippen LogP contribution in [-0.2, 0) is 13.5 Å². The van der Waals surface area contributed by atoms with Crippen molar-refractivity contribution < 1.29 is 37.7 Å². The quantitative estimate of drug-likeness (QED) is 0.137. The molecule has 0 saturated heterocycles. The molecule has 48 heavy (non-hydrogen) atoms. The van der Waals surface area contributed by atoms with Crippen molar-refractivity contribution in [2.24, 2.45) is 7.05 Å². The fourth-order valence-electron chi connectivity index (χ4n) is 5.47. The number of hydrogen-bond acceptors (Lipinski definition) is 6. The highest BCUT2D eigenvalue weighted by Gasteiger charge is 2.16. The smallest absolute Gasteiger partial charge is 0.195 e. The van der Waals surface area contributed by atoms with Crippen LogP contribution in [0.3, 0.4) is 0 Å². The van der Waals surface area contributed by atoms with Gasteiger partial charge in [0.25, 0.3) is 0 Å². The minimum absolute atomic E-state index is 0. The van der Waals surface area contributed by atoms with E-state index < -0.39 is 0 Å². The van der Waals surface area contributed by atoms with Gasteiger partial charge in [0, 0.05) is 75.8 Å². The maximum absolute atomic E-state index is 9.68. The fourth-order valence-corrected chi connectivity index (χ4v) is 5.47. The summed E-state index contributed by atoms with van der Waals surface area (Å²) in [4.78, 5) is 15.2. The van der Waals surface area contributed by atoms with Gasteiger partial charge in [0.2, 0.25) is 0 Å². The van der Waals surface area contributed by atoms with Gasteiger partial charge in [0.15, 0.2) is 23.9 Å². The van der Waals surface area contributed by atoms with Crippen molar-refractivity contribution in [2.45, 2.75) is 19.8 Å². The van der Waals surface area contributed by atoms with Gasteiger partial charge in [-0.05, 0) is 66.6 Å². The molecule has 5 aromatic heterocycles. The van der Waals surface area contributed by atoms with Gasteiger partial charge in [0.1, 0.15) is 18.3 Å². The summed E-state index contributed by atoms with van der Waals surface area (Å²) in [6, 6.07) is 22.0. The molecule has 2 aromatic carbocycles. The molecule has 10 heteroatoms. The highest BCUT2D eigenvalue weighted by Crippen LogP contribution is 2.33. The number of allylic oxidation sites excluding steroid dienone is 2. The predicted molar refractivity (Wildman–Crippen MR) is 184 cm³/mol. The first-order valence-corrected chi connectivity index (χ1v) is 15.2. The van der Waals surface area contributed by atoms with Crippen LogP contribution in [0.25, 0.3) is 56.2 Å². The van der Waals surface area contributed by atoms with Gasteiger partial charge in [-0.2, -0.15) is 10.5 Å². The number of ether oxygens (including phenoxy) is 1. The Labute approximate surface area is 294 Å². The number of nitrogens with one attached hydrogen (secondary N) is 2. The average Bonchev–Trinajstić information content (AvgIpc) is 3.83. The van der Waals surface area contributed by atoms with Crippen molar-refractivity contribution in [1.82, 2.24) is 19.9 Å². The number of H-pyrrole nitrogens is 2. The largest absolute Gasteiger partial charge is 1.00 e. The van der Waals surface area contributed by atoms with Gasteiger partial charge in [-0.25, -0.2) is 9.55 Å². The van der Waals surface area contributed by atoms with Crippen LogP contribution in [0.2, 0.25) is 0 Å². The zero-order valence-electron chi connectivity index (χ0n) is 26.7. The van der Waals surface area contributed by atoms with Gasteiger partial charge in [0.05, 0.1) is 30.4 Å². The van der Waals surface area contributed by atoms with E-state index >= 15 is 0 Å². The molecule has 7 rings (SSSR count). The Hall–Kier alpha value is -5.72. The number of halogens is 1. The van der Waals surface area contributed by atoms with Crippen LogP contribution in [0.4, 0.5) is 0 Å². The summed E-state index contributed by atoms with van der Waals surface area (Å²) in [5.41, 5.74) is 8.21. The molecular formula is C38H32IN7O2. The van der Waals surface area contributed by atoms with Gasteiger partial charge in [-0.3, -0.25) is 4.98 Å². The summed E-state index contributed by atoms with van der Waals surface area (Å²) < 4.78 is 13.1. The van der Waals surface area contributed by atoms with Crippen molar-refractivity contribution in [3.8, 4) is 17.9 Å². The number of pyridine rings is 2. The van der Waals surface area contributed by atoms with Gasteiger partial charge < -0.3 is 43.1 Å². The number of rotatable bonds is 7. The summed E-state index contributed by atoms with van der Waals surface area (Å²) in [6.45, 7) is 2.09. The maximum atomic E-state index is 9.68. The van der Waals surface area contributed by atoms with Crippen LogP contribution in [-0.4, -0.2) is 27.0 Å². The van der Waals surface area contributed by atoms with Crippen LogP contribution in [0.1, 0.15) is 41.5 Å². The van der Waals surface area contributed by atoms with Crippen LogP contribution >= 0.6 is 0 Å². The average molecular weight is 746 g/mol. The van der Waals surface area contributed by atoms with E-state index in [1.54, 1.807) is 19.5 Å². The van der Waals surface area contributed by atoms with Crippen molar-refractivity contribution in [3.05, 3.63) is 120 Å². The summed E-state index contributed by atoms with van der Waals surface area (Å²) in [5.74, 6) is 1.50. The minimum atomic E-state index is 0. The molecule has 0 aliphatic carbocycles. The molecule has 5 heterocycles. The number of methoxy groups -OCH3 is 1. The molecule has 0 aliphatic rings. The topological polar surface area (TPSA) is 131 Å². The van der Waals surface area contributed by atoms with E-state index in [0.717, 1.165) is 79.6 Å². The van der Waals surface area contributed by atoms with Crippen LogP contribution in [0.5, 0.6) is 5.75 Å². The second kappa shape index (κ2) is 15.2. The molecule has 0 atom stereocenters. The van der Waals surface area contributed by atoms with Crippen LogP contribution < -0.4 is 33.3 Å². The molecule has 2 N–H and O–H groups in total. The lowest BCUT2D eigenvalue weighted by Gasteiger charge is -2.01. The molecule has 0 amide bonds. The molecule has 0 bridgehead atoms. The van der Waals surface area contributed by atoms with E-state index in [2.05, 4.69) is 39.0 Å². The number of aryl methyl sites for hydroxylation is 2. The molecule has 0 saturated carbocycles. The Kier molecular flexibility index (Phi) is 10.7. The monoisotopic (exact) mass is 745 g/mol. The molecular weight excluding hydrogens is 713 g/mol. The van der Waals surface area contributed by atoms with Crippen LogP contribution in [0, 0.1) is 22.7 Å². The molecule has 238 valence electrons. The third kappa shape index (κ3) is 7.14. The Bertz CT molecular complexity index is 2350. The minimum Gasteiger partial charge on any atom is -1.00 e. The fraction of sp³-hybridized carbons (Fsp3) is 0.132. The summed E-state index contributed by atoms with van der Waals surface area (Å²) in [6.07, 6.45) is 16.6. The van der Waals surface area contributed by atoms with Gasteiger partial charge >= 0.3 is 0 Å². The Morgan fingerprint density at radius 3 is 2.42 bits per heavy atom. The van der Waals surface area contributed by atoms with E-state index in [1.165, 1.54) is 0 Å². The van der Waals surface area contributed by atoms with E-state index in [0.29, 0.717) is 11.1 Å². The Morgan fingerprint density at radius 1 is 0.958 bits per heavy atom. The summed E-state index contributed by atoms with van der Waals surface area (Å²) >= 11 is 0. The number of nitrogens with zero attached hydrogens (tertiary/aromatic N) is 5. The number of hydrogen-bond donors (Lipinski definition) is 2. The first kappa shape index (κ1) is 33.6. The lowest BCUT2D eigenvalue weighted by molar-refractivity contribution is -0.671. The Morgan fingerprint density at radius 2 is 1.69 bits per heavy atom. The highest BCUT2D eigenvalue weighted by atomic mass is 127. The number of aromatic nitrogens is 5. The Balaban J connectivity index is 0.000000186. The van der Waals surface area contributed by atoms with E-state index in [1.807, 2.05) is 103 Å². The number of aromatic amines is 2. The van der Waals surface area contributed by atoms with Gasteiger partial charge in [-0.15, -0.1) is 0 Å². The lowest BCUT2D eigenvalue weighted by Crippen LogP contribution is -3.00. The van der Waals surface area contributed by atoms with Crippen molar-refractivity contribution in [3.63, 3.8) is 0 Å². The summed E-state index contributed by atoms with van der Waals surface area (Å²) in [5, 5.41) is 21.1. The normalized spacial score (nSPS) is 11.4. The second-order valence-corrected chi connectivity index (χ2v) is 10.9. The first-order chi connectivity index (χ1) is 23.0. The van der Waals surface area contributed by atoms with Crippen LogP contribution in [0.15, 0.2) is 96.2 Å². The van der Waals surface area contributed by atoms with Crippen molar-refractivity contribution >= 4 is 56.2 Å². The molecule has 0 unspecified atom stereocenters. The van der Waals surface area contributed by atoms with E-state index in [9.17, 15) is 10.5 Å². The van der Waals surface area contributed by atoms with E-state index in [4.69, 9.17) is 9.15 Å². The zero-order chi connectivity index (χ0) is 32.8.